The number of nitrogens with two attached hydrogens (primary N) is 2. The first-order valence-corrected chi connectivity index (χ1v) is 8.73. The highest BCUT2D eigenvalue weighted by Crippen LogP contribution is 2.27. The molecule has 0 aliphatic carbocycles. The zero-order valence-corrected chi connectivity index (χ0v) is 14.1. The van der Waals surface area contributed by atoms with E-state index in [1.807, 2.05) is 0 Å². The van der Waals surface area contributed by atoms with Crippen LogP contribution in [0.4, 0.5) is 0 Å². The predicted molar refractivity (Wildman–Crippen MR) is 87.5 cm³/mol. The van der Waals surface area contributed by atoms with E-state index in [4.69, 9.17) is 16.2 Å². The zero-order chi connectivity index (χ0) is 17.5. The van der Waals surface area contributed by atoms with Crippen molar-refractivity contribution in [3.05, 3.63) is 0 Å². The Bertz CT molecular complexity index is 328. The third-order valence-corrected chi connectivity index (χ3v) is 4.64. The molecule has 7 heteroatoms. The fourth-order valence-corrected chi connectivity index (χ4v) is 3.08. The van der Waals surface area contributed by atoms with E-state index in [2.05, 4.69) is 6.92 Å². The number of unbranched alkanes of at least 4 members (excludes halogenated alkanes) is 6. The minimum atomic E-state index is -1.44. The van der Waals surface area contributed by atoms with Crippen LogP contribution in [0.3, 0.4) is 0 Å². The maximum atomic E-state index is 10.1. The van der Waals surface area contributed by atoms with E-state index in [-0.39, 0.29) is 0 Å². The van der Waals surface area contributed by atoms with E-state index in [1.165, 1.54) is 25.7 Å². The molecule has 1 aliphatic heterocycles. The topological polar surface area (TPSA) is 142 Å². The van der Waals surface area contributed by atoms with Gasteiger partial charge in [0.25, 0.3) is 0 Å². The van der Waals surface area contributed by atoms with Crippen LogP contribution in [0.1, 0.15) is 58.3 Å². The molecule has 0 saturated carbocycles. The third-order valence-electron chi connectivity index (χ3n) is 4.64. The van der Waals surface area contributed by atoms with E-state index in [0.717, 1.165) is 19.3 Å². The average Bonchev–Trinajstić information content (AvgIpc) is 2.52. The van der Waals surface area contributed by atoms with Crippen LogP contribution in [0.15, 0.2) is 0 Å². The Morgan fingerprint density at radius 1 is 0.870 bits per heavy atom. The Morgan fingerprint density at radius 2 is 1.43 bits per heavy atom. The van der Waals surface area contributed by atoms with Gasteiger partial charge in [-0.15, -0.1) is 0 Å². The van der Waals surface area contributed by atoms with Gasteiger partial charge in [0.15, 0.2) is 0 Å². The van der Waals surface area contributed by atoms with Crippen molar-refractivity contribution in [1.82, 2.24) is 0 Å². The molecule has 7 nitrogen and oxygen atoms in total. The number of aliphatic hydroxyl groups is 4. The summed E-state index contributed by atoms with van der Waals surface area (Å²) in [5.41, 5.74) is 10.9. The van der Waals surface area contributed by atoms with Crippen LogP contribution in [0.25, 0.3) is 0 Å². The summed E-state index contributed by atoms with van der Waals surface area (Å²) in [7, 11) is 0. The fraction of sp³-hybridized carbons (Fsp3) is 1.00. The largest absolute Gasteiger partial charge is 0.394 e. The molecule has 1 aliphatic rings. The maximum absolute atomic E-state index is 10.1. The van der Waals surface area contributed by atoms with Crippen LogP contribution in [-0.4, -0.2) is 63.2 Å². The molecule has 0 radical (unpaired) electrons. The van der Waals surface area contributed by atoms with Crippen LogP contribution < -0.4 is 11.5 Å². The molecule has 0 amide bonds. The van der Waals surface area contributed by atoms with Crippen molar-refractivity contribution in [3.63, 3.8) is 0 Å². The summed E-state index contributed by atoms with van der Waals surface area (Å²) in [4.78, 5) is 0. The third kappa shape index (κ3) is 5.94. The minimum Gasteiger partial charge on any atom is -0.394 e. The van der Waals surface area contributed by atoms with Gasteiger partial charge in [-0.1, -0.05) is 51.9 Å². The lowest BCUT2D eigenvalue weighted by Gasteiger charge is -2.46. The van der Waals surface area contributed by atoms with Crippen molar-refractivity contribution in [3.8, 4) is 0 Å². The first-order chi connectivity index (χ1) is 10.8. The van der Waals surface area contributed by atoms with E-state index >= 15 is 0 Å². The average molecular weight is 334 g/mol. The molecule has 8 N–H and O–H groups in total. The monoisotopic (exact) mass is 334 g/mol. The van der Waals surface area contributed by atoms with Gasteiger partial charge < -0.3 is 36.6 Å². The van der Waals surface area contributed by atoms with Crippen LogP contribution in [0, 0.1) is 0 Å². The number of aliphatic hydroxyl groups excluding tert-OH is 4. The lowest BCUT2D eigenvalue weighted by atomic mass is 9.86. The Hall–Kier alpha value is -0.280. The van der Waals surface area contributed by atoms with E-state index in [9.17, 15) is 20.4 Å². The summed E-state index contributed by atoms with van der Waals surface area (Å²) < 4.78 is 5.45. The van der Waals surface area contributed by atoms with Crippen molar-refractivity contribution in [1.29, 1.82) is 0 Å². The van der Waals surface area contributed by atoms with Crippen LogP contribution in [0.2, 0.25) is 0 Å². The molecular formula is C16H34N2O5. The maximum Gasteiger partial charge on any atom is 0.117 e. The van der Waals surface area contributed by atoms with Gasteiger partial charge in [0, 0.05) is 0 Å². The summed E-state index contributed by atoms with van der Waals surface area (Å²) in [6.45, 7) is 1.70. The summed E-state index contributed by atoms with van der Waals surface area (Å²) in [5.74, 6) is 0. The van der Waals surface area contributed by atoms with Crippen molar-refractivity contribution in [2.24, 2.45) is 11.5 Å². The molecule has 0 spiro atoms. The highest BCUT2D eigenvalue weighted by Gasteiger charge is 2.49. The van der Waals surface area contributed by atoms with Gasteiger partial charge in [-0.25, -0.2) is 0 Å². The quantitative estimate of drug-likeness (QED) is 0.235. The van der Waals surface area contributed by atoms with Gasteiger partial charge in [0.05, 0.1) is 12.3 Å². The molecule has 1 heterocycles. The Morgan fingerprint density at radius 3 is 2.00 bits per heavy atom. The summed E-state index contributed by atoms with van der Waals surface area (Å²) in [6.07, 6.45) is 2.03. The highest BCUT2D eigenvalue weighted by atomic mass is 16.5. The van der Waals surface area contributed by atoms with Crippen LogP contribution >= 0.6 is 0 Å². The minimum absolute atomic E-state index is 0.434. The fourth-order valence-electron chi connectivity index (χ4n) is 3.08. The molecule has 1 rings (SSSR count). The Balaban J connectivity index is 2.44. The van der Waals surface area contributed by atoms with Gasteiger partial charge in [-0.05, 0) is 6.42 Å². The van der Waals surface area contributed by atoms with Gasteiger partial charge in [0.1, 0.15) is 30.5 Å². The standard InChI is InChI=1S/C16H34N2O5/c1-2-3-4-5-6-7-8-9-16(17,18)15-14(22)13(21)12(20)11(10-19)23-15/h11-15,19-22H,2-10,17-18H2,1H3/t11-,12-,13+,14-,15?/m1/s1. The lowest BCUT2D eigenvalue weighted by Crippen LogP contribution is -2.71. The smallest absolute Gasteiger partial charge is 0.117 e. The summed E-state index contributed by atoms with van der Waals surface area (Å²) in [6, 6.07) is 0. The molecule has 0 aromatic rings. The predicted octanol–water partition coefficient (Wildman–Crippen LogP) is -0.417. The van der Waals surface area contributed by atoms with Gasteiger partial charge in [-0.2, -0.15) is 0 Å². The van der Waals surface area contributed by atoms with Gasteiger partial charge in [0.2, 0.25) is 0 Å². The Kier molecular flexibility index (Phi) is 8.92. The van der Waals surface area contributed by atoms with Gasteiger partial charge >= 0.3 is 0 Å². The van der Waals surface area contributed by atoms with Crippen molar-refractivity contribution in [2.45, 2.75) is 94.5 Å². The second kappa shape index (κ2) is 9.88. The molecule has 138 valence electrons. The zero-order valence-electron chi connectivity index (χ0n) is 14.1. The van der Waals surface area contributed by atoms with Gasteiger partial charge in [-0.3, -0.25) is 0 Å². The molecule has 1 saturated heterocycles. The number of hydrogen-bond acceptors (Lipinski definition) is 7. The molecular weight excluding hydrogens is 300 g/mol. The SMILES string of the molecule is CCCCCCCCCC(N)(N)C1O[C@H](CO)[C@@H](O)[C@H](O)[C@H]1O. The number of hydrogen-bond donors (Lipinski definition) is 6. The van der Waals surface area contributed by atoms with Crippen LogP contribution in [-0.2, 0) is 4.74 Å². The second-order valence-corrected chi connectivity index (χ2v) is 6.73. The molecule has 0 aromatic carbocycles. The molecule has 23 heavy (non-hydrogen) atoms. The van der Waals surface area contributed by atoms with E-state index < -0.39 is 42.8 Å². The van der Waals surface area contributed by atoms with Crippen molar-refractivity contribution in [2.75, 3.05) is 6.61 Å². The van der Waals surface area contributed by atoms with Crippen LogP contribution in [0.5, 0.6) is 0 Å². The summed E-state index contributed by atoms with van der Waals surface area (Å²) in [5, 5.41) is 38.9. The molecule has 1 unspecified atom stereocenters. The second-order valence-electron chi connectivity index (χ2n) is 6.73. The van der Waals surface area contributed by atoms with Crippen molar-refractivity contribution >= 4 is 0 Å². The molecule has 1 fully saturated rings. The van der Waals surface area contributed by atoms with E-state index in [1.54, 1.807) is 0 Å². The van der Waals surface area contributed by atoms with Crippen molar-refractivity contribution < 1.29 is 25.2 Å². The molecule has 0 aromatic heterocycles. The first kappa shape index (κ1) is 20.8. The Labute approximate surface area is 138 Å². The van der Waals surface area contributed by atoms with E-state index in [0.29, 0.717) is 6.42 Å². The first-order valence-electron chi connectivity index (χ1n) is 8.73. The summed E-state index contributed by atoms with van der Waals surface area (Å²) >= 11 is 0. The molecule has 5 atom stereocenters. The lowest BCUT2D eigenvalue weighted by molar-refractivity contribution is -0.244. The molecule has 0 bridgehead atoms. The number of ether oxygens (including phenoxy) is 1. The normalized spacial score (nSPS) is 32.2. The number of rotatable bonds is 10. The highest BCUT2D eigenvalue weighted by molar-refractivity contribution is 5.00.